The van der Waals surface area contributed by atoms with E-state index in [4.69, 9.17) is 10.5 Å². The monoisotopic (exact) mass is 227 g/mol. The second kappa shape index (κ2) is 4.42. The molecule has 0 spiro atoms. The molecule has 0 radical (unpaired) electrons. The molecule has 0 fully saturated rings. The van der Waals surface area contributed by atoms with Gasteiger partial charge in [-0.05, 0) is 20.8 Å². The van der Waals surface area contributed by atoms with Gasteiger partial charge in [0.05, 0.1) is 12.3 Å². The minimum absolute atomic E-state index is 0.00329. The quantitative estimate of drug-likeness (QED) is 0.790. The molecule has 5 nitrogen and oxygen atoms in total. The van der Waals surface area contributed by atoms with Crippen molar-refractivity contribution >= 4 is 11.9 Å². The first-order valence-electron chi connectivity index (χ1n) is 4.85. The van der Waals surface area contributed by atoms with Gasteiger partial charge in [-0.3, -0.25) is 0 Å². The summed E-state index contributed by atoms with van der Waals surface area (Å²) in [5.41, 5.74) is 3.52. The summed E-state index contributed by atoms with van der Waals surface area (Å²) in [7, 11) is 0. The van der Waals surface area contributed by atoms with Gasteiger partial charge in [-0.1, -0.05) is 0 Å². The van der Waals surface area contributed by atoms with Gasteiger partial charge in [0.25, 0.3) is 0 Å². The topological polar surface area (TPSA) is 78.1 Å². The molecule has 0 atom stereocenters. The summed E-state index contributed by atoms with van der Waals surface area (Å²) in [6.45, 7) is 4.45. The number of carbonyl (C=O) groups excluding carboxylic acids is 1. The van der Waals surface area contributed by atoms with E-state index in [0.29, 0.717) is 0 Å². The molecule has 0 unspecified atom stereocenters. The molecule has 16 heavy (non-hydrogen) atoms. The Balaban J connectivity index is 3.23. The van der Waals surface area contributed by atoms with Gasteiger partial charge < -0.3 is 10.5 Å². The zero-order valence-corrected chi connectivity index (χ0v) is 9.45. The van der Waals surface area contributed by atoms with E-state index in [9.17, 15) is 9.18 Å². The lowest BCUT2D eigenvalue weighted by molar-refractivity contribution is 0.0517. The van der Waals surface area contributed by atoms with Crippen LogP contribution in [0.5, 0.6) is 0 Å². The highest BCUT2D eigenvalue weighted by molar-refractivity contribution is 5.90. The number of ether oxygens (including phenoxy) is 1. The fourth-order valence-electron chi connectivity index (χ4n) is 1.21. The first-order chi connectivity index (χ1) is 7.36. The molecule has 0 aromatic carbocycles. The Labute approximate surface area is 92.8 Å². The number of hydrogen-bond donors (Lipinski definition) is 1. The molecule has 1 heterocycles. The third-order valence-electron chi connectivity index (χ3n) is 1.87. The van der Waals surface area contributed by atoms with Crippen LogP contribution in [0.25, 0.3) is 0 Å². The van der Waals surface area contributed by atoms with Crippen LogP contribution < -0.4 is 5.73 Å². The molecule has 0 amide bonds. The van der Waals surface area contributed by atoms with Crippen LogP contribution in [0.15, 0.2) is 6.20 Å². The van der Waals surface area contributed by atoms with E-state index < -0.39 is 11.6 Å². The molecular formula is C10H14FN3O2. The van der Waals surface area contributed by atoms with E-state index in [0.717, 1.165) is 0 Å². The highest BCUT2D eigenvalue weighted by Crippen LogP contribution is 2.26. The summed E-state index contributed by atoms with van der Waals surface area (Å²) in [5.74, 6) is -0.725. The summed E-state index contributed by atoms with van der Waals surface area (Å²) in [4.78, 5) is 18.9. The number of alkyl halides is 1. The number of esters is 1. The number of nitrogens with two attached hydrogens (primary N) is 1. The van der Waals surface area contributed by atoms with Crippen molar-refractivity contribution in [1.82, 2.24) is 9.97 Å². The fraction of sp³-hybridized carbons (Fsp3) is 0.500. The molecule has 0 aliphatic heterocycles. The smallest absolute Gasteiger partial charge is 0.341 e. The summed E-state index contributed by atoms with van der Waals surface area (Å²) in [6.07, 6.45) is 1.18. The standard InChI is InChI=1S/C10H14FN3O2/c1-4-16-8(15)6-5-13-9(12)14-7(6)10(2,3)11/h5H,4H2,1-3H3,(H2,12,13,14). The molecule has 6 heteroatoms. The predicted octanol–water partition coefficient (Wildman–Crippen LogP) is 1.44. The molecular weight excluding hydrogens is 213 g/mol. The second-order valence-corrected chi connectivity index (χ2v) is 3.68. The van der Waals surface area contributed by atoms with Gasteiger partial charge in [-0.25, -0.2) is 19.2 Å². The first-order valence-corrected chi connectivity index (χ1v) is 4.85. The summed E-state index contributed by atoms with van der Waals surface area (Å²) in [6, 6.07) is 0. The average molecular weight is 227 g/mol. The summed E-state index contributed by atoms with van der Waals surface area (Å²) in [5, 5.41) is 0. The van der Waals surface area contributed by atoms with Gasteiger partial charge in [0.15, 0.2) is 0 Å². The number of halogens is 1. The van der Waals surface area contributed by atoms with Crippen molar-refractivity contribution in [2.24, 2.45) is 0 Å². The van der Waals surface area contributed by atoms with E-state index in [1.165, 1.54) is 20.0 Å². The zero-order chi connectivity index (χ0) is 12.3. The van der Waals surface area contributed by atoms with Gasteiger partial charge >= 0.3 is 5.97 Å². The average Bonchev–Trinajstić information content (AvgIpc) is 2.16. The predicted molar refractivity (Wildman–Crippen MR) is 56.5 cm³/mol. The van der Waals surface area contributed by atoms with E-state index >= 15 is 0 Å². The highest BCUT2D eigenvalue weighted by atomic mass is 19.1. The third-order valence-corrected chi connectivity index (χ3v) is 1.87. The van der Waals surface area contributed by atoms with Gasteiger partial charge in [-0.2, -0.15) is 0 Å². The highest BCUT2D eigenvalue weighted by Gasteiger charge is 2.28. The molecule has 1 rings (SSSR count). The lowest BCUT2D eigenvalue weighted by Crippen LogP contribution is -2.20. The lowest BCUT2D eigenvalue weighted by Gasteiger charge is -2.16. The first kappa shape index (κ1) is 12.4. The molecule has 1 aromatic rings. The van der Waals surface area contributed by atoms with Gasteiger partial charge in [0.1, 0.15) is 11.2 Å². The van der Waals surface area contributed by atoms with Crippen molar-refractivity contribution < 1.29 is 13.9 Å². The largest absolute Gasteiger partial charge is 0.462 e. The maximum Gasteiger partial charge on any atom is 0.341 e. The SMILES string of the molecule is CCOC(=O)c1cnc(N)nc1C(C)(C)F. The van der Waals surface area contributed by atoms with Crippen LogP contribution in [0.1, 0.15) is 36.8 Å². The van der Waals surface area contributed by atoms with Crippen LogP contribution >= 0.6 is 0 Å². The van der Waals surface area contributed by atoms with Crippen molar-refractivity contribution in [2.75, 3.05) is 12.3 Å². The lowest BCUT2D eigenvalue weighted by atomic mass is 10.0. The van der Waals surface area contributed by atoms with Crippen molar-refractivity contribution in [3.63, 3.8) is 0 Å². The van der Waals surface area contributed by atoms with E-state index in [2.05, 4.69) is 9.97 Å². The van der Waals surface area contributed by atoms with Gasteiger partial charge in [-0.15, -0.1) is 0 Å². The Morgan fingerprint density at radius 1 is 1.62 bits per heavy atom. The normalized spacial score (nSPS) is 11.2. The number of rotatable bonds is 3. The molecule has 0 bridgehead atoms. The van der Waals surface area contributed by atoms with Crippen molar-refractivity contribution in [3.8, 4) is 0 Å². The number of carbonyl (C=O) groups is 1. The van der Waals surface area contributed by atoms with Crippen molar-refractivity contribution in [3.05, 3.63) is 17.5 Å². The molecule has 0 aliphatic carbocycles. The molecule has 0 saturated heterocycles. The Morgan fingerprint density at radius 2 is 2.25 bits per heavy atom. The number of aromatic nitrogens is 2. The van der Waals surface area contributed by atoms with Crippen LogP contribution in [-0.2, 0) is 10.4 Å². The van der Waals surface area contributed by atoms with Crippen LogP contribution in [-0.4, -0.2) is 22.5 Å². The van der Waals surface area contributed by atoms with Crippen LogP contribution in [0.3, 0.4) is 0 Å². The van der Waals surface area contributed by atoms with E-state index in [1.54, 1.807) is 6.92 Å². The van der Waals surface area contributed by atoms with Gasteiger partial charge in [0, 0.05) is 6.20 Å². The second-order valence-electron chi connectivity index (χ2n) is 3.68. The number of nitrogen functional groups attached to an aromatic ring is 1. The number of nitrogens with zero attached hydrogens (tertiary/aromatic N) is 2. The number of hydrogen-bond acceptors (Lipinski definition) is 5. The van der Waals surface area contributed by atoms with E-state index in [-0.39, 0.29) is 23.8 Å². The molecule has 2 N–H and O–H groups in total. The minimum atomic E-state index is -1.78. The maximum absolute atomic E-state index is 13.8. The minimum Gasteiger partial charge on any atom is -0.462 e. The van der Waals surface area contributed by atoms with Crippen LogP contribution in [0, 0.1) is 0 Å². The Kier molecular flexibility index (Phi) is 3.41. The molecule has 1 aromatic heterocycles. The summed E-state index contributed by atoms with van der Waals surface area (Å²) < 4.78 is 18.6. The number of anilines is 1. The van der Waals surface area contributed by atoms with Crippen molar-refractivity contribution in [2.45, 2.75) is 26.4 Å². The molecule has 0 aliphatic rings. The molecule has 0 saturated carbocycles. The molecule has 88 valence electrons. The van der Waals surface area contributed by atoms with E-state index in [1.807, 2.05) is 0 Å². The summed E-state index contributed by atoms with van der Waals surface area (Å²) >= 11 is 0. The maximum atomic E-state index is 13.8. The van der Waals surface area contributed by atoms with Crippen molar-refractivity contribution in [1.29, 1.82) is 0 Å². The Bertz CT molecular complexity index is 402. The van der Waals surface area contributed by atoms with Gasteiger partial charge in [0.2, 0.25) is 5.95 Å². The zero-order valence-electron chi connectivity index (χ0n) is 9.45. The Morgan fingerprint density at radius 3 is 2.75 bits per heavy atom. The van der Waals surface area contributed by atoms with Crippen LogP contribution in [0.2, 0.25) is 0 Å². The fourth-order valence-corrected chi connectivity index (χ4v) is 1.21. The van der Waals surface area contributed by atoms with Crippen LogP contribution in [0.4, 0.5) is 10.3 Å². The third kappa shape index (κ3) is 2.65. The Hall–Kier alpha value is -1.72.